The predicted octanol–water partition coefficient (Wildman–Crippen LogP) is 2.76. The number of rotatable bonds is 5. The first-order valence-electron chi connectivity index (χ1n) is 5.75. The van der Waals surface area contributed by atoms with Crippen molar-refractivity contribution in [3.05, 3.63) is 23.8 Å². The number of benzene rings is 1. The van der Waals surface area contributed by atoms with E-state index >= 15 is 0 Å². The van der Waals surface area contributed by atoms with E-state index in [1.165, 1.54) is 0 Å². The minimum atomic E-state index is -3.97. The lowest BCUT2D eigenvalue weighted by molar-refractivity contribution is 0.508. The molecule has 102 valence electrons. The first-order chi connectivity index (χ1) is 8.27. The van der Waals surface area contributed by atoms with E-state index in [4.69, 9.17) is 5.73 Å². The highest BCUT2D eigenvalue weighted by molar-refractivity contribution is 7.91. The maximum absolute atomic E-state index is 13.5. The maximum Gasteiger partial charge on any atom is 0.184 e. The summed E-state index contributed by atoms with van der Waals surface area (Å²) in [6, 6.07) is 1.64. The van der Waals surface area contributed by atoms with Gasteiger partial charge in [0.2, 0.25) is 0 Å². The van der Waals surface area contributed by atoms with Crippen molar-refractivity contribution in [1.82, 2.24) is 0 Å². The molecule has 3 nitrogen and oxygen atoms in total. The van der Waals surface area contributed by atoms with E-state index < -0.39 is 26.4 Å². The molecule has 0 radical (unpaired) electrons. The number of hydrogen-bond donors (Lipinski definition) is 1. The summed E-state index contributed by atoms with van der Waals surface area (Å²) in [5.41, 5.74) is 5.11. The van der Waals surface area contributed by atoms with Gasteiger partial charge in [-0.05, 0) is 24.5 Å². The highest BCUT2D eigenvalue weighted by atomic mass is 32.2. The van der Waals surface area contributed by atoms with E-state index in [0.717, 1.165) is 18.6 Å². The Hall–Kier alpha value is -1.17. The number of hydrogen-bond acceptors (Lipinski definition) is 3. The number of anilines is 1. The molecule has 0 heterocycles. The van der Waals surface area contributed by atoms with Crippen LogP contribution in [0, 0.1) is 17.6 Å². The molecule has 1 unspecified atom stereocenters. The first kappa shape index (κ1) is 14.9. The van der Waals surface area contributed by atoms with Crippen LogP contribution in [0.2, 0.25) is 0 Å². The van der Waals surface area contributed by atoms with Gasteiger partial charge in [-0.15, -0.1) is 0 Å². The molecule has 18 heavy (non-hydrogen) atoms. The van der Waals surface area contributed by atoms with Crippen LogP contribution in [0.3, 0.4) is 0 Å². The molecular formula is C12H17F2NO2S. The number of sulfone groups is 1. The lowest BCUT2D eigenvalue weighted by atomic mass is 10.1. The fourth-order valence-corrected chi connectivity index (χ4v) is 3.71. The van der Waals surface area contributed by atoms with Crippen LogP contribution in [0.5, 0.6) is 0 Å². The zero-order valence-corrected chi connectivity index (χ0v) is 11.2. The summed E-state index contributed by atoms with van der Waals surface area (Å²) in [5.74, 6) is -2.66. The van der Waals surface area contributed by atoms with Crippen molar-refractivity contribution in [2.45, 2.75) is 31.6 Å². The smallest absolute Gasteiger partial charge is 0.184 e. The van der Waals surface area contributed by atoms with Crippen LogP contribution in [0.15, 0.2) is 17.0 Å². The average molecular weight is 277 g/mol. The van der Waals surface area contributed by atoms with Crippen LogP contribution in [0.25, 0.3) is 0 Å². The Labute approximate surface area is 106 Å². The van der Waals surface area contributed by atoms with Crippen molar-refractivity contribution in [3.8, 4) is 0 Å². The third kappa shape index (κ3) is 3.41. The van der Waals surface area contributed by atoms with Gasteiger partial charge in [0.1, 0.15) is 16.5 Å². The highest BCUT2D eigenvalue weighted by Gasteiger charge is 2.26. The molecule has 0 aliphatic rings. The van der Waals surface area contributed by atoms with Crippen LogP contribution in [0.1, 0.15) is 26.7 Å². The Bertz CT molecular complexity index is 506. The molecule has 0 aliphatic heterocycles. The summed E-state index contributed by atoms with van der Waals surface area (Å²) in [6.07, 6.45) is 1.51. The third-order valence-electron chi connectivity index (χ3n) is 2.62. The number of halogens is 2. The molecule has 1 aromatic carbocycles. The van der Waals surface area contributed by atoms with E-state index in [1.54, 1.807) is 6.92 Å². The molecule has 0 saturated heterocycles. The van der Waals surface area contributed by atoms with Gasteiger partial charge in [0.15, 0.2) is 9.84 Å². The summed E-state index contributed by atoms with van der Waals surface area (Å²) < 4.78 is 51.0. The van der Waals surface area contributed by atoms with Crippen LogP contribution >= 0.6 is 0 Å². The maximum atomic E-state index is 13.5. The largest absolute Gasteiger partial charge is 0.399 e. The summed E-state index contributed by atoms with van der Waals surface area (Å²) in [6.45, 7) is 3.67. The van der Waals surface area contributed by atoms with Crippen molar-refractivity contribution in [3.63, 3.8) is 0 Å². The van der Waals surface area contributed by atoms with Gasteiger partial charge in [-0.25, -0.2) is 17.2 Å². The monoisotopic (exact) mass is 277 g/mol. The summed E-state index contributed by atoms with van der Waals surface area (Å²) in [4.78, 5) is -0.875. The van der Waals surface area contributed by atoms with Crippen LogP contribution in [-0.2, 0) is 9.84 Å². The highest BCUT2D eigenvalue weighted by Crippen LogP contribution is 2.24. The summed E-state index contributed by atoms with van der Waals surface area (Å²) in [7, 11) is -3.97. The molecule has 0 aromatic heterocycles. The van der Waals surface area contributed by atoms with Gasteiger partial charge in [-0.1, -0.05) is 20.3 Å². The van der Waals surface area contributed by atoms with Gasteiger partial charge in [0.25, 0.3) is 0 Å². The molecule has 1 atom stereocenters. The minimum absolute atomic E-state index is 0.134. The second-order valence-corrected chi connectivity index (χ2v) is 6.46. The summed E-state index contributed by atoms with van der Waals surface area (Å²) in [5, 5.41) is 0. The molecular weight excluding hydrogens is 260 g/mol. The molecule has 1 aromatic rings. The molecule has 0 saturated carbocycles. The van der Waals surface area contributed by atoms with Gasteiger partial charge >= 0.3 is 0 Å². The Kier molecular flexibility index (Phi) is 4.67. The van der Waals surface area contributed by atoms with E-state index in [2.05, 4.69) is 0 Å². The normalized spacial score (nSPS) is 13.6. The Balaban J connectivity index is 3.13. The second-order valence-electron chi connectivity index (χ2n) is 4.49. The molecule has 2 N–H and O–H groups in total. The van der Waals surface area contributed by atoms with Crippen molar-refractivity contribution < 1.29 is 17.2 Å². The Morgan fingerprint density at radius 3 is 2.22 bits per heavy atom. The SMILES string of the molecule is CCCC(C)CS(=O)(=O)c1c(F)cc(N)cc1F. The zero-order valence-electron chi connectivity index (χ0n) is 10.4. The summed E-state index contributed by atoms with van der Waals surface area (Å²) >= 11 is 0. The lowest BCUT2D eigenvalue weighted by Crippen LogP contribution is -2.17. The quantitative estimate of drug-likeness (QED) is 0.842. The van der Waals surface area contributed by atoms with Gasteiger partial charge in [-0.3, -0.25) is 0 Å². The molecule has 0 bridgehead atoms. The molecule has 0 spiro atoms. The first-order valence-corrected chi connectivity index (χ1v) is 7.40. The Morgan fingerprint density at radius 2 is 1.78 bits per heavy atom. The number of nitrogens with two attached hydrogens (primary N) is 1. The topological polar surface area (TPSA) is 60.2 Å². The van der Waals surface area contributed by atoms with Crippen molar-refractivity contribution in [2.75, 3.05) is 11.5 Å². The van der Waals surface area contributed by atoms with Gasteiger partial charge < -0.3 is 5.73 Å². The van der Waals surface area contributed by atoms with Crippen molar-refractivity contribution >= 4 is 15.5 Å². The van der Waals surface area contributed by atoms with Crippen molar-refractivity contribution in [1.29, 1.82) is 0 Å². The van der Waals surface area contributed by atoms with E-state index in [1.807, 2.05) is 6.92 Å². The van der Waals surface area contributed by atoms with Crippen LogP contribution in [-0.4, -0.2) is 14.2 Å². The van der Waals surface area contributed by atoms with Gasteiger partial charge in [0, 0.05) is 5.69 Å². The van der Waals surface area contributed by atoms with E-state index in [9.17, 15) is 17.2 Å². The molecule has 1 rings (SSSR count). The third-order valence-corrected chi connectivity index (χ3v) is 4.64. The molecule has 0 amide bonds. The van der Waals surface area contributed by atoms with Gasteiger partial charge in [0.05, 0.1) is 5.75 Å². The van der Waals surface area contributed by atoms with Crippen molar-refractivity contribution in [2.24, 2.45) is 5.92 Å². The number of nitrogen functional groups attached to an aromatic ring is 1. The van der Waals surface area contributed by atoms with Crippen LogP contribution in [0.4, 0.5) is 14.5 Å². The van der Waals surface area contributed by atoms with E-state index in [-0.39, 0.29) is 17.4 Å². The standard InChI is InChI=1S/C12H17F2NO2S/c1-3-4-8(2)7-18(16,17)12-10(13)5-9(15)6-11(12)14/h5-6,8H,3-4,7,15H2,1-2H3. The average Bonchev–Trinajstić information content (AvgIpc) is 2.13. The lowest BCUT2D eigenvalue weighted by Gasteiger charge is -2.12. The molecule has 0 fully saturated rings. The molecule has 6 heteroatoms. The minimum Gasteiger partial charge on any atom is -0.399 e. The van der Waals surface area contributed by atoms with Crippen LogP contribution < -0.4 is 5.73 Å². The second kappa shape index (κ2) is 5.65. The van der Waals surface area contributed by atoms with E-state index in [0.29, 0.717) is 6.42 Å². The zero-order chi connectivity index (χ0) is 13.9. The Morgan fingerprint density at radius 1 is 1.28 bits per heavy atom. The fraction of sp³-hybridized carbons (Fsp3) is 0.500. The predicted molar refractivity (Wildman–Crippen MR) is 66.9 cm³/mol. The fourth-order valence-electron chi connectivity index (χ4n) is 1.91. The molecule has 0 aliphatic carbocycles. The van der Waals surface area contributed by atoms with Gasteiger partial charge in [-0.2, -0.15) is 0 Å².